The minimum atomic E-state index is -0.355. The Hall–Kier alpha value is -3.52. The summed E-state index contributed by atoms with van der Waals surface area (Å²) in [4.78, 5) is 42.5. The topological polar surface area (TPSA) is 88.6 Å². The lowest BCUT2D eigenvalue weighted by Crippen LogP contribution is -2.23. The molecule has 1 fully saturated rings. The first-order valence-electron chi connectivity index (χ1n) is 10.8. The summed E-state index contributed by atoms with van der Waals surface area (Å²) in [7, 11) is 0. The molecular formula is C25H25N3O4S. The van der Waals surface area contributed by atoms with Gasteiger partial charge in [-0.2, -0.15) is 0 Å². The summed E-state index contributed by atoms with van der Waals surface area (Å²) in [6, 6.07) is 15.0. The Labute approximate surface area is 196 Å². The van der Waals surface area contributed by atoms with E-state index in [0.29, 0.717) is 17.1 Å². The van der Waals surface area contributed by atoms with E-state index in [9.17, 15) is 14.4 Å². The largest absolute Gasteiger partial charge is 0.459 e. The lowest BCUT2D eigenvalue weighted by atomic mass is 10.1. The van der Waals surface area contributed by atoms with Crippen molar-refractivity contribution in [2.24, 2.45) is 0 Å². The van der Waals surface area contributed by atoms with Crippen molar-refractivity contribution in [1.82, 2.24) is 4.98 Å². The van der Waals surface area contributed by atoms with E-state index in [0.717, 1.165) is 35.5 Å². The molecular weight excluding hydrogens is 438 g/mol. The average molecular weight is 464 g/mol. The van der Waals surface area contributed by atoms with Gasteiger partial charge < -0.3 is 15.0 Å². The van der Waals surface area contributed by atoms with Crippen LogP contribution in [0.25, 0.3) is 0 Å². The van der Waals surface area contributed by atoms with Crippen LogP contribution in [0.15, 0.2) is 53.9 Å². The van der Waals surface area contributed by atoms with Crippen molar-refractivity contribution in [1.29, 1.82) is 0 Å². The number of amides is 2. The molecule has 3 aromatic rings. The Morgan fingerprint density at radius 2 is 1.91 bits per heavy atom. The van der Waals surface area contributed by atoms with Crippen LogP contribution in [0.1, 0.15) is 34.7 Å². The summed E-state index contributed by atoms with van der Waals surface area (Å²) in [5.41, 5.74) is 4.08. The predicted molar refractivity (Wildman–Crippen MR) is 127 cm³/mol. The third-order valence-electron chi connectivity index (χ3n) is 5.38. The zero-order valence-corrected chi connectivity index (χ0v) is 19.2. The number of hydrogen-bond donors (Lipinski definition) is 1. The predicted octanol–water partition coefficient (Wildman–Crippen LogP) is 4.05. The van der Waals surface area contributed by atoms with Crippen molar-refractivity contribution in [3.8, 4) is 0 Å². The number of anilines is 2. The van der Waals surface area contributed by atoms with Crippen molar-refractivity contribution in [2.45, 2.75) is 39.2 Å². The van der Waals surface area contributed by atoms with Gasteiger partial charge in [-0.25, -0.2) is 4.98 Å². The molecule has 33 heavy (non-hydrogen) atoms. The minimum absolute atomic E-state index is 0.0646. The molecule has 1 saturated heterocycles. The standard InChI is InChI=1S/C25H25N3O4S/c1-17-5-2-3-6-21(17)27-22(29)14-23-26-19(16-33-23)15-32-25(31)13-18-8-10-20(11-9-18)28-12-4-7-24(28)30/h2-3,5-6,8-11,16H,4,7,12-15H2,1H3,(H,27,29). The van der Waals surface area contributed by atoms with Crippen LogP contribution in [0.2, 0.25) is 0 Å². The average Bonchev–Trinajstić information content (AvgIpc) is 3.43. The van der Waals surface area contributed by atoms with Gasteiger partial charge in [0.15, 0.2) is 0 Å². The number of thiazole rings is 1. The monoisotopic (exact) mass is 463 g/mol. The molecule has 0 bridgehead atoms. The van der Waals surface area contributed by atoms with E-state index in [-0.39, 0.29) is 37.2 Å². The summed E-state index contributed by atoms with van der Waals surface area (Å²) in [6.07, 6.45) is 1.77. The van der Waals surface area contributed by atoms with Crippen LogP contribution >= 0.6 is 11.3 Å². The van der Waals surface area contributed by atoms with E-state index in [1.165, 1.54) is 11.3 Å². The molecule has 0 saturated carbocycles. The summed E-state index contributed by atoms with van der Waals surface area (Å²) < 4.78 is 5.35. The molecule has 2 heterocycles. The number of esters is 1. The first-order chi connectivity index (χ1) is 16.0. The molecule has 7 nitrogen and oxygen atoms in total. The maximum absolute atomic E-state index is 12.3. The molecule has 1 aliphatic heterocycles. The Morgan fingerprint density at radius 1 is 1.12 bits per heavy atom. The first kappa shape index (κ1) is 22.7. The van der Waals surface area contributed by atoms with Crippen LogP contribution in [0.5, 0.6) is 0 Å². The van der Waals surface area contributed by atoms with Crippen molar-refractivity contribution in [2.75, 3.05) is 16.8 Å². The Kier molecular flexibility index (Phi) is 7.14. The highest BCUT2D eigenvalue weighted by atomic mass is 32.1. The summed E-state index contributed by atoms with van der Waals surface area (Å²) in [5, 5.41) is 5.35. The zero-order chi connectivity index (χ0) is 23.2. The number of ether oxygens (including phenoxy) is 1. The van der Waals surface area contributed by atoms with Crippen LogP contribution in [-0.2, 0) is 38.6 Å². The normalized spacial score (nSPS) is 13.2. The number of para-hydroxylation sites is 1. The number of aryl methyl sites for hydroxylation is 1. The molecule has 1 aliphatic rings. The van der Waals surface area contributed by atoms with E-state index in [1.54, 1.807) is 10.3 Å². The molecule has 0 spiro atoms. The highest BCUT2D eigenvalue weighted by Crippen LogP contribution is 2.22. The van der Waals surface area contributed by atoms with Gasteiger partial charge in [-0.1, -0.05) is 30.3 Å². The second kappa shape index (κ2) is 10.4. The van der Waals surface area contributed by atoms with Crippen LogP contribution < -0.4 is 10.2 Å². The molecule has 4 rings (SSSR count). The number of rotatable bonds is 8. The van der Waals surface area contributed by atoms with Crippen LogP contribution in [0.4, 0.5) is 11.4 Å². The highest BCUT2D eigenvalue weighted by molar-refractivity contribution is 7.09. The number of hydrogen-bond acceptors (Lipinski definition) is 6. The lowest BCUT2D eigenvalue weighted by Gasteiger charge is -2.15. The van der Waals surface area contributed by atoms with Gasteiger partial charge in [0.25, 0.3) is 0 Å². The molecule has 2 aromatic carbocycles. The molecule has 0 unspecified atom stereocenters. The zero-order valence-electron chi connectivity index (χ0n) is 18.4. The molecule has 8 heteroatoms. The number of aromatic nitrogens is 1. The summed E-state index contributed by atoms with van der Waals surface area (Å²) in [5.74, 6) is -0.356. The SMILES string of the molecule is Cc1ccccc1NC(=O)Cc1nc(COC(=O)Cc2ccc(N3CCCC3=O)cc2)cs1. The Bertz CT molecular complexity index is 1160. The van der Waals surface area contributed by atoms with Gasteiger partial charge >= 0.3 is 5.97 Å². The van der Waals surface area contributed by atoms with Gasteiger partial charge in [-0.05, 0) is 42.7 Å². The molecule has 170 valence electrons. The van der Waals surface area contributed by atoms with Crippen molar-refractivity contribution >= 4 is 40.5 Å². The fourth-order valence-electron chi connectivity index (χ4n) is 3.63. The molecule has 0 radical (unpaired) electrons. The van der Waals surface area contributed by atoms with Crippen LogP contribution in [0.3, 0.4) is 0 Å². The van der Waals surface area contributed by atoms with Gasteiger partial charge in [0.1, 0.15) is 11.6 Å². The molecule has 1 N–H and O–H groups in total. The van der Waals surface area contributed by atoms with Gasteiger partial charge in [0, 0.05) is 29.7 Å². The van der Waals surface area contributed by atoms with E-state index in [1.807, 2.05) is 55.5 Å². The number of benzene rings is 2. The van der Waals surface area contributed by atoms with E-state index >= 15 is 0 Å². The Balaban J connectivity index is 1.23. The number of carbonyl (C=O) groups is 3. The number of nitrogens with zero attached hydrogens (tertiary/aromatic N) is 2. The van der Waals surface area contributed by atoms with Gasteiger partial charge in [-0.15, -0.1) is 11.3 Å². The van der Waals surface area contributed by atoms with Crippen LogP contribution in [0, 0.1) is 6.92 Å². The van der Waals surface area contributed by atoms with Gasteiger partial charge in [0.05, 0.1) is 18.5 Å². The van der Waals surface area contributed by atoms with Crippen molar-refractivity contribution in [3.05, 3.63) is 75.7 Å². The lowest BCUT2D eigenvalue weighted by molar-refractivity contribution is -0.144. The quantitative estimate of drug-likeness (QED) is 0.509. The van der Waals surface area contributed by atoms with E-state index in [4.69, 9.17) is 4.74 Å². The fourth-order valence-corrected chi connectivity index (χ4v) is 4.41. The Morgan fingerprint density at radius 3 is 2.64 bits per heavy atom. The van der Waals surface area contributed by atoms with Crippen molar-refractivity contribution in [3.63, 3.8) is 0 Å². The van der Waals surface area contributed by atoms with Gasteiger partial charge in [0.2, 0.25) is 11.8 Å². The maximum atomic E-state index is 12.3. The highest BCUT2D eigenvalue weighted by Gasteiger charge is 2.21. The smallest absolute Gasteiger partial charge is 0.310 e. The summed E-state index contributed by atoms with van der Waals surface area (Å²) in [6.45, 7) is 2.74. The number of carbonyl (C=O) groups excluding carboxylic acids is 3. The van der Waals surface area contributed by atoms with E-state index < -0.39 is 0 Å². The molecule has 1 aromatic heterocycles. The number of nitrogens with one attached hydrogen (secondary N) is 1. The van der Waals surface area contributed by atoms with Crippen LogP contribution in [-0.4, -0.2) is 29.3 Å². The molecule has 0 aliphatic carbocycles. The van der Waals surface area contributed by atoms with Gasteiger partial charge in [-0.3, -0.25) is 14.4 Å². The third kappa shape index (κ3) is 6.04. The molecule has 0 atom stereocenters. The van der Waals surface area contributed by atoms with Crippen molar-refractivity contribution < 1.29 is 19.1 Å². The fraction of sp³-hybridized carbons (Fsp3) is 0.280. The second-order valence-electron chi connectivity index (χ2n) is 7.93. The minimum Gasteiger partial charge on any atom is -0.459 e. The first-order valence-corrected chi connectivity index (χ1v) is 11.7. The third-order valence-corrected chi connectivity index (χ3v) is 6.28. The molecule has 2 amide bonds. The second-order valence-corrected chi connectivity index (χ2v) is 8.87. The summed E-state index contributed by atoms with van der Waals surface area (Å²) >= 11 is 1.37. The maximum Gasteiger partial charge on any atom is 0.310 e. The van der Waals surface area contributed by atoms with E-state index in [2.05, 4.69) is 10.3 Å².